The maximum atomic E-state index is 12.4. The van der Waals surface area contributed by atoms with E-state index in [4.69, 9.17) is 18.9 Å². The van der Waals surface area contributed by atoms with Crippen LogP contribution in [0.15, 0.2) is 52.8 Å². The van der Waals surface area contributed by atoms with Crippen molar-refractivity contribution in [1.82, 2.24) is 16.1 Å². The second kappa shape index (κ2) is 12.5. The number of nitrogens with one attached hydrogen (secondary N) is 3. The first-order valence-electron chi connectivity index (χ1n) is 11.4. The monoisotopic (exact) mass is 514 g/mol. The van der Waals surface area contributed by atoms with Gasteiger partial charge in [-0.05, 0) is 55.3 Å². The van der Waals surface area contributed by atoms with Crippen molar-refractivity contribution in [3.8, 4) is 23.0 Å². The van der Waals surface area contributed by atoms with Gasteiger partial charge in [0.15, 0.2) is 29.2 Å². The number of methoxy groups -OCH3 is 2. The molecule has 0 saturated heterocycles. The lowest BCUT2D eigenvalue weighted by Crippen LogP contribution is -2.45. The Kier molecular flexibility index (Phi) is 9.16. The number of nitrogens with zero attached hydrogens (tertiary/aromatic N) is 1. The standard InChI is InChI=1S/C25H30N4O8/c1-5-36-20-11-16(23-22(24(32)35-4)14(2)27-25(33)28-23)7-9-18(20)37-13-21(31)29-26-12-15-6-8-17(30)19(10-15)34-3/h6-12,21,23,29-31H,5,13H2,1-4H3,(H2,27,28,33)/b26-12-/t21-,23-/m0/s1. The van der Waals surface area contributed by atoms with Gasteiger partial charge in [0.25, 0.3) is 0 Å². The fourth-order valence-electron chi connectivity index (χ4n) is 3.59. The van der Waals surface area contributed by atoms with Crippen molar-refractivity contribution in [1.29, 1.82) is 0 Å². The molecule has 1 aliphatic heterocycles. The molecule has 0 unspecified atom stereocenters. The molecule has 12 nitrogen and oxygen atoms in total. The van der Waals surface area contributed by atoms with Crippen molar-refractivity contribution in [2.24, 2.45) is 5.10 Å². The summed E-state index contributed by atoms with van der Waals surface area (Å²) in [6.45, 7) is 3.59. The molecule has 37 heavy (non-hydrogen) atoms. The summed E-state index contributed by atoms with van der Waals surface area (Å²) in [6.07, 6.45) is 0.303. The lowest BCUT2D eigenvalue weighted by Gasteiger charge is -2.28. The predicted octanol–water partition coefficient (Wildman–Crippen LogP) is 1.92. The third-order valence-corrected chi connectivity index (χ3v) is 5.31. The summed E-state index contributed by atoms with van der Waals surface area (Å²) in [7, 11) is 2.71. The third-order valence-electron chi connectivity index (χ3n) is 5.31. The van der Waals surface area contributed by atoms with Crippen LogP contribution >= 0.6 is 0 Å². The summed E-state index contributed by atoms with van der Waals surface area (Å²) >= 11 is 0. The summed E-state index contributed by atoms with van der Waals surface area (Å²) in [5.41, 5.74) is 4.43. The Hall–Kier alpha value is -4.45. The average Bonchev–Trinajstić information content (AvgIpc) is 2.88. The number of hydrogen-bond donors (Lipinski definition) is 5. The van der Waals surface area contributed by atoms with E-state index in [1.165, 1.54) is 26.5 Å². The summed E-state index contributed by atoms with van der Waals surface area (Å²) in [5.74, 6) is 0.440. The lowest BCUT2D eigenvalue weighted by atomic mass is 9.95. The van der Waals surface area contributed by atoms with Gasteiger partial charge in [0.1, 0.15) is 6.61 Å². The third kappa shape index (κ3) is 6.82. The van der Waals surface area contributed by atoms with Crippen molar-refractivity contribution < 1.29 is 38.7 Å². The number of rotatable bonds is 11. The number of carbonyl (C=O) groups is 2. The average molecular weight is 515 g/mol. The van der Waals surface area contributed by atoms with Gasteiger partial charge in [0.05, 0.1) is 38.7 Å². The molecule has 2 aromatic rings. The van der Waals surface area contributed by atoms with Gasteiger partial charge in [-0.1, -0.05) is 6.07 Å². The van der Waals surface area contributed by atoms with Crippen molar-refractivity contribution in [2.45, 2.75) is 26.1 Å². The van der Waals surface area contributed by atoms with Crippen LogP contribution in [0.4, 0.5) is 4.79 Å². The van der Waals surface area contributed by atoms with Gasteiger partial charge in [-0.25, -0.2) is 9.59 Å². The smallest absolute Gasteiger partial charge is 0.337 e. The van der Waals surface area contributed by atoms with Gasteiger partial charge >= 0.3 is 12.0 Å². The summed E-state index contributed by atoms with van der Waals surface area (Å²) in [4.78, 5) is 24.4. The number of aromatic hydroxyl groups is 1. The van der Waals surface area contributed by atoms with Gasteiger partial charge in [0, 0.05) is 5.70 Å². The van der Waals surface area contributed by atoms with E-state index < -0.39 is 24.3 Å². The maximum absolute atomic E-state index is 12.4. The Morgan fingerprint density at radius 1 is 1.16 bits per heavy atom. The lowest BCUT2D eigenvalue weighted by molar-refractivity contribution is -0.136. The molecular weight excluding hydrogens is 484 g/mol. The van der Waals surface area contributed by atoms with E-state index in [9.17, 15) is 19.8 Å². The minimum absolute atomic E-state index is 0.00683. The Bertz CT molecular complexity index is 1200. The molecule has 198 valence electrons. The van der Waals surface area contributed by atoms with Crippen LogP contribution in [-0.4, -0.2) is 62.1 Å². The highest BCUT2D eigenvalue weighted by atomic mass is 16.5. The molecule has 0 spiro atoms. The van der Waals surface area contributed by atoms with E-state index in [1.807, 2.05) is 0 Å². The number of urea groups is 1. The minimum atomic E-state index is -1.15. The van der Waals surface area contributed by atoms with Gasteiger partial charge in [0.2, 0.25) is 0 Å². The number of phenols is 1. The number of carbonyl (C=O) groups excluding carboxylic acids is 2. The number of hydrogen-bond acceptors (Lipinski definition) is 10. The first kappa shape index (κ1) is 27.1. The number of aliphatic hydroxyl groups excluding tert-OH is 1. The largest absolute Gasteiger partial charge is 0.504 e. The summed E-state index contributed by atoms with van der Waals surface area (Å²) in [6, 6.07) is 8.45. The Morgan fingerprint density at radius 2 is 1.95 bits per heavy atom. The van der Waals surface area contributed by atoms with Gasteiger partial charge < -0.3 is 39.8 Å². The molecule has 5 N–H and O–H groups in total. The quantitative estimate of drug-likeness (QED) is 0.131. The number of phenolic OH excluding ortho intramolecular Hbond substituents is 1. The molecule has 0 fully saturated rings. The number of esters is 1. The first-order chi connectivity index (χ1) is 17.8. The maximum Gasteiger partial charge on any atom is 0.337 e. The van der Waals surface area contributed by atoms with Crippen molar-refractivity contribution in [3.05, 3.63) is 58.8 Å². The van der Waals surface area contributed by atoms with Crippen LogP contribution in [-0.2, 0) is 9.53 Å². The summed E-state index contributed by atoms with van der Waals surface area (Å²) in [5, 5.41) is 29.1. The van der Waals surface area contributed by atoms with Crippen LogP contribution in [0.2, 0.25) is 0 Å². The number of aliphatic hydroxyl groups is 1. The molecule has 12 heteroatoms. The summed E-state index contributed by atoms with van der Waals surface area (Å²) < 4.78 is 21.3. The molecule has 0 saturated carbocycles. The van der Waals surface area contributed by atoms with Crippen molar-refractivity contribution >= 4 is 18.2 Å². The predicted molar refractivity (Wildman–Crippen MR) is 134 cm³/mol. The van der Waals surface area contributed by atoms with Crippen LogP contribution in [0.25, 0.3) is 0 Å². The van der Waals surface area contributed by atoms with E-state index in [2.05, 4.69) is 21.2 Å². The van der Waals surface area contributed by atoms with Gasteiger partial charge in [-0.3, -0.25) is 5.43 Å². The van der Waals surface area contributed by atoms with E-state index >= 15 is 0 Å². The zero-order valence-electron chi connectivity index (χ0n) is 20.9. The normalized spacial score (nSPS) is 16.0. The molecular formula is C25H30N4O8. The Balaban J connectivity index is 1.70. The molecule has 0 bridgehead atoms. The van der Waals surface area contributed by atoms with E-state index in [-0.39, 0.29) is 17.9 Å². The van der Waals surface area contributed by atoms with E-state index in [0.29, 0.717) is 40.7 Å². The number of amides is 2. The Morgan fingerprint density at radius 3 is 2.65 bits per heavy atom. The molecule has 3 rings (SSSR count). The van der Waals surface area contributed by atoms with E-state index in [0.717, 1.165) is 0 Å². The fraction of sp³-hybridized carbons (Fsp3) is 0.320. The number of ether oxygens (including phenoxy) is 4. The minimum Gasteiger partial charge on any atom is -0.504 e. The zero-order chi connectivity index (χ0) is 26.9. The van der Waals surface area contributed by atoms with Crippen LogP contribution in [0.3, 0.4) is 0 Å². The second-order valence-corrected chi connectivity index (χ2v) is 7.85. The van der Waals surface area contributed by atoms with E-state index in [1.54, 1.807) is 44.2 Å². The van der Waals surface area contributed by atoms with Crippen molar-refractivity contribution in [2.75, 3.05) is 27.4 Å². The molecule has 0 radical (unpaired) electrons. The Labute approximate surface area is 213 Å². The van der Waals surface area contributed by atoms with Crippen molar-refractivity contribution in [3.63, 3.8) is 0 Å². The van der Waals surface area contributed by atoms with Crippen LogP contribution in [0.5, 0.6) is 23.0 Å². The molecule has 1 heterocycles. The van der Waals surface area contributed by atoms with Gasteiger partial charge in [-0.2, -0.15) is 5.10 Å². The van der Waals surface area contributed by atoms with Crippen LogP contribution in [0, 0.1) is 0 Å². The number of allylic oxidation sites excluding steroid dienone is 1. The SMILES string of the molecule is CCOc1cc([C@@H]2NC(=O)NC(C)=C2C(=O)OC)ccc1OC[C@H](O)N/N=C\c1ccc(O)c(OC)c1. The highest BCUT2D eigenvalue weighted by Crippen LogP contribution is 2.35. The zero-order valence-corrected chi connectivity index (χ0v) is 20.9. The van der Waals surface area contributed by atoms with Crippen LogP contribution < -0.4 is 30.3 Å². The highest BCUT2D eigenvalue weighted by molar-refractivity contribution is 5.95. The number of benzene rings is 2. The van der Waals surface area contributed by atoms with Crippen LogP contribution in [0.1, 0.15) is 31.0 Å². The molecule has 2 atom stereocenters. The topological polar surface area (TPSA) is 160 Å². The van der Waals surface area contributed by atoms with Gasteiger partial charge in [-0.15, -0.1) is 0 Å². The fourth-order valence-corrected chi connectivity index (χ4v) is 3.59. The highest BCUT2D eigenvalue weighted by Gasteiger charge is 2.32. The molecule has 2 amide bonds. The number of hydrazone groups is 1. The first-order valence-corrected chi connectivity index (χ1v) is 11.4. The second-order valence-electron chi connectivity index (χ2n) is 7.85. The molecule has 1 aliphatic rings. The molecule has 0 aliphatic carbocycles. The molecule has 0 aromatic heterocycles. The molecule has 2 aromatic carbocycles.